The van der Waals surface area contributed by atoms with E-state index < -0.39 is 26.7 Å². The van der Waals surface area contributed by atoms with E-state index in [2.05, 4.69) is 38.7 Å². The normalized spacial score (nSPS) is 5.53. The zero-order chi connectivity index (χ0) is 39.9. The number of nitrogens with one attached hydrogen (secondary N) is 8. The Morgan fingerprint density at radius 3 is 0.500 bits per heavy atom. The molecular weight excluding hydrogens is 2120 g/mol. The maximum Gasteiger partial charge on any atom is 2.00 e. The molecule has 0 aliphatic carbocycles. The third kappa shape index (κ3) is 1120. The number of aliphatic hydroxyl groups is 8. The maximum atomic E-state index is 8.36. The number of hydrogen-bond donors (Lipinski definition) is 10. The van der Waals surface area contributed by atoms with Gasteiger partial charge in [-0.1, -0.05) is 7.43 Å². The van der Waals surface area contributed by atoms with Crippen LogP contribution in [0.4, 0.5) is 0 Å². The predicted octanol–water partition coefficient (Wildman–Crippen LogP) is -9.25. The van der Waals surface area contributed by atoms with E-state index in [1.165, 1.54) is 0 Å². The van der Waals surface area contributed by atoms with Crippen molar-refractivity contribution in [3.8, 4) is 0 Å². The van der Waals surface area contributed by atoms with E-state index in [-0.39, 0.29) is 356 Å². The molecule has 60 heavy (non-hydrogen) atoms. The van der Waals surface area contributed by atoms with Crippen LogP contribution in [0.5, 0.6) is 0 Å². The van der Waals surface area contributed by atoms with E-state index in [0.717, 1.165) is 0 Å². The Hall–Kier alpha value is 7.69. The average Bonchev–Trinajstić information content (AvgIpc) is 3.05. The van der Waals surface area contributed by atoms with Crippen molar-refractivity contribution in [1.29, 1.82) is 0 Å². The average molecular weight is 2180 g/mol. The summed E-state index contributed by atoms with van der Waals surface area (Å²) in [6.45, 7) is 0.889. The SMILES string of the molecule is C.Cl.O.O.O.O.O.O=[N+]([O-])O.O=[N+]([O-])O.[Ag].[Ag].[Cl-].[Cl][Pt+2][Cl].[H-].[I][Pt+2][I].[K+].[K+].[NH-]CCO.[NH-]CCO.[NH-]CCO.[NH-]CCO.[NH-]CCO.[NH-]CCO.[NH-]CCO.[NH-]CCO.[Pt+2].[Pt+2]. The fraction of sp³-hybridized carbons (Fsp3) is 1.00. The van der Waals surface area contributed by atoms with E-state index >= 15 is 0 Å². The van der Waals surface area contributed by atoms with Gasteiger partial charge in [0.2, 0.25) is 0 Å². The first-order valence-corrected chi connectivity index (χ1v) is 29.5. The van der Waals surface area contributed by atoms with E-state index in [1.807, 2.05) is 0 Å². The summed E-state index contributed by atoms with van der Waals surface area (Å²) in [7, 11) is 9.75. The summed E-state index contributed by atoms with van der Waals surface area (Å²) in [6, 6.07) is 0. The van der Waals surface area contributed by atoms with Crippen molar-refractivity contribution in [2.24, 2.45) is 0 Å². The van der Waals surface area contributed by atoms with E-state index in [0.29, 0.717) is 11.2 Å². The molecule has 2 radical (unpaired) electrons. The molecule has 0 aromatic carbocycles. The topological polar surface area (TPSA) is 636 Å². The maximum absolute atomic E-state index is 8.36. The number of hydrogen-bond acceptors (Lipinski definition) is 12. The Balaban J connectivity index is -0.00000000810. The number of nitrogens with zero attached hydrogens (tertiary/aromatic N) is 2. The van der Waals surface area contributed by atoms with Crippen molar-refractivity contribution in [1.82, 2.24) is 0 Å². The van der Waals surface area contributed by atoms with Crippen LogP contribution in [0, 0.1) is 20.2 Å². The third-order valence-corrected chi connectivity index (χ3v) is 0.894. The molecule has 0 bridgehead atoms. The van der Waals surface area contributed by atoms with Crippen LogP contribution in [0.2, 0.25) is 0 Å². The van der Waals surface area contributed by atoms with Crippen LogP contribution >= 0.6 is 69.9 Å². The molecule has 0 aliphatic heterocycles. The Morgan fingerprint density at radius 2 is 0.500 bits per heavy atom. The van der Waals surface area contributed by atoms with Crippen LogP contribution in [0.3, 0.4) is 0 Å². The molecule has 0 amide bonds. The summed E-state index contributed by atoms with van der Waals surface area (Å²) in [5.74, 6) is 0. The summed E-state index contributed by atoms with van der Waals surface area (Å²) in [5, 5.41) is 88.8. The monoisotopic (exact) mass is 2180 g/mol. The van der Waals surface area contributed by atoms with E-state index in [9.17, 15) is 0 Å². The molecule has 0 saturated heterocycles. The van der Waals surface area contributed by atoms with Crippen molar-refractivity contribution >= 4 is 69.9 Å². The molecule has 0 aromatic rings. The molecule has 404 valence electrons. The smallest absolute Gasteiger partial charge is 0.676 e. The molecule has 0 unspecified atom stereocenters. The molecule has 0 fully saturated rings. The predicted molar refractivity (Wildman–Crippen MR) is 221 cm³/mol. The second-order valence-electron chi connectivity index (χ2n) is 4.35. The first-order valence-electron chi connectivity index (χ1n) is 11.0. The Kier molecular flexibility index (Phi) is 827. The molecular formula is C17H66Ag2Cl4I2K2N10O19Pt4. The quantitative estimate of drug-likeness (QED) is 0.0467. The molecule has 0 saturated carbocycles. The zero-order valence-electron chi connectivity index (χ0n) is 32.0. The summed E-state index contributed by atoms with van der Waals surface area (Å²) in [6.07, 6.45) is 0. The van der Waals surface area contributed by atoms with Crippen molar-refractivity contribution in [2.45, 2.75) is 7.43 Å². The Bertz CT molecular complexity index is 357. The van der Waals surface area contributed by atoms with Crippen molar-refractivity contribution in [3.63, 3.8) is 0 Å². The molecule has 29 nitrogen and oxygen atoms in total. The van der Waals surface area contributed by atoms with Gasteiger partial charge in [-0.15, -0.1) is 85.0 Å². The van der Waals surface area contributed by atoms with Gasteiger partial charge in [-0.05, 0) is 0 Å². The molecule has 0 aromatic heterocycles. The fourth-order valence-electron chi connectivity index (χ4n) is 0. The third-order valence-electron chi connectivity index (χ3n) is 0.894. The fourth-order valence-corrected chi connectivity index (χ4v) is 0. The van der Waals surface area contributed by atoms with Crippen LogP contribution in [-0.4, -0.2) is 194 Å². The Labute approximate surface area is 557 Å². The van der Waals surface area contributed by atoms with Gasteiger partial charge in [0.1, 0.15) is 0 Å². The van der Waals surface area contributed by atoms with Gasteiger partial charge in [0.05, 0.1) is 0 Å². The van der Waals surface area contributed by atoms with Crippen LogP contribution < -0.4 is 115 Å². The van der Waals surface area contributed by atoms with Gasteiger partial charge in [0.15, 0.2) is 0 Å². The second-order valence-corrected chi connectivity index (χ2v) is 24.2. The first-order chi connectivity index (χ1) is 21.6. The van der Waals surface area contributed by atoms with Crippen LogP contribution in [0.1, 0.15) is 8.85 Å². The zero-order valence-corrected chi connectivity index (χ0v) is 56.7. The summed E-state index contributed by atoms with van der Waals surface area (Å²) in [4.78, 5) is 16.7. The first kappa shape index (κ1) is 173. The molecule has 0 aliphatic rings. The molecule has 43 heteroatoms. The number of halogens is 6. The molecule has 0 spiro atoms. The second kappa shape index (κ2) is 287. The molecule has 0 heterocycles. The summed E-state index contributed by atoms with van der Waals surface area (Å²) < 4.78 is 0. The van der Waals surface area contributed by atoms with Gasteiger partial charge in [0.25, 0.3) is 10.2 Å². The van der Waals surface area contributed by atoms with Gasteiger partial charge in [0, 0.05) is 97.6 Å². The molecule has 28 N–H and O–H groups in total. The largest absolute Gasteiger partial charge is 2.00 e. The number of aliphatic hydroxyl groups excluding tert-OH is 8. The van der Waals surface area contributed by atoms with Gasteiger partial charge in [-0.25, -0.2) is 0 Å². The van der Waals surface area contributed by atoms with Gasteiger partial charge >= 0.3 is 230 Å². The van der Waals surface area contributed by atoms with Gasteiger partial charge < -0.3 is 138 Å². The standard InChI is InChI=1S/8C2H6NO.CH4.2Ag.4ClH.2HI.2K.2HNO3.5H2O.4Pt.H/c8*3-1-2-4;;;;;;;;;;;;2*2-1(3)4;;;;;;;;;;/h8*3-4H,1-2H2;1H4;;;6*1H;;;2*(H,2,3,4);5*1H2;;;;;/q8*-1;;;;;;;;;;2*+1;;;;;;;;2*+2;2*+4;-1/p-5. The van der Waals surface area contributed by atoms with E-state index in [1.54, 1.807) is 0 Å². The minimum Gasteiger partial charge on any atom is -0.676 e. The van der Waals surface area contributed by atoms with Crippen molar-refractivity contribution in [2.75, 3.05) is 105 Å². The minimum atomic E-state index is -1.50. The van der Waals surface area contributed by atoms with Crippen LogP contribution in [0.25, 0.3) is 45.9 Å². The van der Waals surface area contributed by atoms with Crippen LogP contribution in [0.15, 0.2) is 0 Å². The number of rotatable bonds is 8. The minimum absolute atomic E-state index is 0. The van der Waals surface area contributed by atoms with Crippen LogP contribution in [-0.2, 0) is 115 Å². The van der Waals surface area contributed by atoms with Gasteiger partial charge in [-0.2, -0.15) is 0 Å². The summed E-state index contributed by atoms with van der Waals surface area (Å²) >= 11 is 4.82. The summed E-state index contributed by atoms with van der Waals surface area (Å²) in [5.41, 5.74) is 49.6. The van der Waals surface area contributed by atoms with E-state index in [4.69, 9.17) is 136 Å². The van der Waals surface area contributed by atoms with Gasteiger partial charge in [-0.3, -0.25) is 0 Å². The Morgan fingerprint density at radius 1 is 0.483 bits per heavy atom. The molecule has 0 atom stereocenters. The molecule has 0 rings (SSSR count). The van der Waals surface area contributed by atoms with Crippen molar-refractivity contribution in [3.05, 3.63) is 66.1 Å². The van der Waals surface area contributed by atoms with Crippen molar-refractivity contribution < 1.29 is 320 Å².